The molecule has 5 fully saturated rings. The molecule has 18 heteroatoms. The molecule has 5 rings (SSSR count). The molecule has 0 aliphatic carbocycles. The summed E-state index contributed by atoms with van der Waals surface area (Å²) in [5, 5.41) is 24.2. The second-order valence-electron chi connectivity index (χ2n) is 21.5. The molecular formula is C51H90N2O16. The zero-order valence-electron chi connectivity index (χ0n) is 44.5. The van der Waals surface area contributed by atoms with Gasteiger partial charge in [-0.2, -0.15) is 0 Å². The molecule has 20 atom stereocenters. The van der Waals surface area contributed by atoms with Crippen LogP contribution >= 0.6 is 0 Å². The number of aliphatic hydroxyl groups excluding tert-OH is 1. The normalized spacial score (nSPS) is 44.6. The number of hydrogen-bond donors (Lipinski definition) is 2. The van der Waals surface area contributed by atoms with Crippen LogP contribution in [0.4, 0.5) is 0 Å². The van der Waals surface area contributed by atoms with Gasteiger partial charge in [0, 0.05) is 65.4 Å². The molecule has 0 saturated carbocycles. The predicted molar refractivity (Wildman–Crippen MR) is 255 cm³/mol. The lowest BCUT2D eigenvalue weighted by molar-refractivity contribution is -0.321. The van der Waals surface area contributed by atoms with E-state index in [2.05, 4.69) is 18.4 Å². The summed E-state index contributed by atoms with van der Waals surface area (Å²) in [6, 6.07) is -0.478. The Kier molecular flexibility index (Phi) is 20.5. The maximum atomic E-state index is 14.8. The summed E-state index contributed by atoms with van der Waals surface area (Å²) in [5.41, 5.74) is -4.57. The van der Waals surface area contributed by atoms with Crippen LogP contribution in [-0.2, 0) is 66.4 Å². The monoisotopic (exact) mass is 987 g/mol. The van der Waals surface area contributed by atoms with Crippen LogP contribution in [0.1, 0.15) is 115 Å². The van der Waals surface area contributed by atoms with Gasteiger partial charge in [-0.05, 0) is 108 Å². The van der Waals surface area contributed by atoms with Gasteiger partial charge >= 0.3 is 11.9 Å². The maximum Gasteiger partial charge on any atom is 0.311 e. The van der Waals surface area contributed by atoms with E-state index in [1.165, 1.54) is 6.92 Å². The highest BCUT2D eigenvalue weighted by Crippen LogP contribution is 2.63. The highest BCUT2D eigenvalue weighted by molar-refractivity contribution is 5.73. The van der Waals surface area contributed by atoms with E-state index in [1.807, 2.05) is 74.5 Å². The Morgan fingerprint density at radius 1 is 0.942 bits per heavy atom. The molecule has 18 nitrogen and oxygen atoms in total. The number of aliphatic hydroxyl groups is 2. The first kappa shape index (κ1) is 58.0. The van der Waals surface area contributed by atoms with Gasteiger partial charge in [0.1, 0.15) is 23.9 Å². The molecule has 69 heavy (non-hydrogen) atoms. The number of ether oxygens (including phenoxy) is 12. The minimum Gasteiger partial charge on any atom is -0.459 e. The average molecular weight is 987 g/mol. The fraction of sp³-hybridized carbons (Fsp3) is 0.922. The van der Waals surface area contributed by atoms with Crippen LogP contribution in [-0.4, -0.2) is 202 Å². The van der Waals surface area contributed by atoms with Crippen LogP contribution in [0.2, 0.25) is 0 Å². The van der Waals surface area contributed by atoms with Gasteiger partial charge in [0.05, 0.1) is 54.2 Å². The second-order valence-corrected chi connectivity index (χ2v) is 21.5. The van der Waals surface area contributed by atoms with E-state index in [-0.39, 0.29) is 36.9 Å². The molecule has 0 aromatic carbocycles. The van der Waals surface area contributed by atoms with E-state index < -0.39 is 108 Å². The molecular weight excluding hydrogens is 897 g/mol. The van der Waals surface area contributed by atoms with Gasteiger partial charge < -0.3 is 76.9 Å². The van der Waals surface area contributed by atoms with Crippen LogP contribution in [0.5, 0.6) is 0 Å². The quantitative estimate of drug-likeness (QED) is 0.0787. The number of esters is 2. The lowest BCUT2D eigenvalue weighted by atomic mass is 9.76. The number of hydrogen-bond acceptors (Lipinski definition) is 18. The van der Waals surface area contributed by atoms with E-state index >= 15 is 0 Å². The largest absolute Gasteiger partial charge is 0.459 e. The number of epoxide rings is 1. The fourth-order valence-corrected chi connectivity index (χ4v) is 11.7. The van der Waals surface area contributed by atoms with Crippen molar-refractivity contribution in [2.45, 2.75) is 217 Å². The van der Waals surface area contributed by atoms with Gasteiger partial charge in [-0.3, -0.25) is 9.59 Å². The van der Waals surface area contributed by atoms with Crippen molar-refractivity contribution in [1.82, 2.24) is 9.80 Å². The van der Waals surface area contributed by atoms with E-state index in [1.54, 1.807) is 27.0 Å². The third-order valence-corrected chi connectivity index (χ3v) is 15.5. The molecule has 5 aliphatic rings. The molecule has 0 amide bonds. The highest BCUT2D eigenvalue weighted by Gasteiger charge is 2.85. The summed E-state index contributed by atoms with van der Waals surface area (Å²) >= 11 is 0. The maximum absolute atomic E-state index is 14.8. The lowest BCUT2D eigenvalue weighted by Gasteiger charge is -2.50. The summed E-state index contributed by atoms with van der Waals surface area (Å²) in [7, 11) is 7.46. The van der Waals surface area contributed by atoms with Crippen molar-refractivity contribution < 1.29 is 76.6 Å². The molecule has 400 valence electrons. The fourth-order valence-electron chi connectivity index (χ4n) is 11.7. The Labute approximate surface area is 412 Å². The van der Waals surface area contributed by atoms with E-state index in [4.69, 9.17) is 56.8 Å². The number of likely N-dealkylation sites (N-methyl/N-ethyl adjacent to an activating group) is 2. The topological polar surface area (TPSA) is 195 Å². The highest BCUT2D eigenvalue weighted by atomic mass is 16.8. The van der Waals surface area contributed by atoms with Crippen molar-refractivity contribution in [1.29, 1.82) is 0 Å². The van der Waals surface area contributed by atoms with Gasteiger partial charge in [0.25, 0.3) is 0 Å². The number of methoxy groups -OCH3 is 1. The smallest absolute Gasteiger partial charge is 0.311 e. The average Bonchev–Trinajstić information content (AvgIpc) is 3.95. The van der Waals surface area contributed by atoms with Crippen molar-refractivity contribution in [2.75, 3.05) is 67.8 Å². The van der Waals surface area contributed by atoms with E-state index in [9.17, 15) is 19.8 Å². The molecule has 0 aromatic rings. The van der Waals surface area contributed by atoms with Crippen LogP contribution in [0, 0.1) is 17.8 Å². The van der Waals surface area contributed by atoms with Crippen LogP contribution in [0.15, 0.2) is 12.7 Å². The Morgan fingerprint density at radius 2 is 1.61 bits per heavy atom. The van der Waals surface area contributed by atoms with E-state index in [0.717, 1.165) is 6.42 Å². The molecule has 5 saturated heterocycles. The van der Waals surface area contributed by atoms with Gasteiger partial charge in [0.15, 0.2) is 30.6 Å². The summed E-state index contributed by atoms with van der Waals surface area (Å²) in [5.74, 6) is -2.90. The SMILES string of the molecule is C=CCOCCCOCCCO[C@H]1[C@H](C)OC(O[C@H]2[C@H](C)[C@@H](O[C@@H]3O[C@H](C)C[C@H](N(C)C)[C@H]3OC(C)=O)[C@](C)(O)C[C@@H](C)CN(C)[C@@H](C)[C@H]3O[C@@H](O)C34O[C@]4(C)[C@@H](CC)OC(=O)[C@@H]2C)C[C@@]1(C)OC. The van der Waals surface area contributed by atoms with Gasteiger partial charge in [-0.15, -0.1) is 6.58 Å². The van der Waals surface area contributed by atoms with Gasteiger partial charge in [0.2, 0.25) is 0 Å². The van der Waals surface area contributed by atoms with Crippen molar-refractivity contribution in [3.05, 3.63) is 12.7 Å². The van der Waals surface area contributed by atoms with Crippen molar-refractivity contribution in [3.63, 3.8) is 0 Å². The minimum absolute atomic E-state index is 0.114. The van der Waals surface area contributed by atoms with E-state index in [0.29, 0.717) is 58.8 Å². The van der Waals surface area contributed by atoms with Crippen LogP contribution in [0.25, 0.3) is 0 Å². The first-order valence-electron chi connectivity index (χ1n) is 25.5. The van der Waals surface area contributed by atoms with Crippen molar-refractivity contribution in [3.8, 4) is 0 Å². The second kappa shape index (κ2) is 24.4. The minimum atomic E-state index is -1.58. The summed E-state index contributed by atoms with van der Waals surface area (Å²) in [4.78, 5) is 31.7. The standard InChI is InChI=1S/C51H90N2O16/c1-17-21-59-22-19-23-60-24-20-25-61-44-35(8)63-39(28-49(44,11)58-16)66-40-32(5)42(67-46-41(64-36(9)54)37(52(13)14)26-31(4)62-46)48(10,57)27-30(3)29-53(15)34(7)43-51(47(56)68-43)50(12,69-51)38(18-2)65-45(55)33(40)6/h17,30-35,37-44,46-47,56-57H,1,18-29H2,2-16H3/t30-,31-,32+,33-,34+,35+,37+,38-,39?,40+,41-,42-,43-,44+,46+,47-,48-,49-,50-,51?/m1/s1. The van der Waals surface area contributed by atoms with Crippen molar-refractivity contribution in [2.24, 2.45) is 17.8 Å². The molecule has 2 unspecified atom stereocenters. The zero-order valence-corrected chi connectivity index (χ0v) is 44.5. The summed E-state index contributed by atoms with van der Waals surface area (Å²) in [6.45, 7) is 27.3. The first-order chi connectivity index (χ1) is 32.4. The first-order valence-corrected chi connectivity index (χ1v) is 25.5. The lowest BCUT2D eigenvalue weighted by Crippen LogP contribution is -2.68. The molecule has 5 aliphatic heterocycles. The van der Waals surface area contributed by atoms with Crippen LogP contribution in [0.3, 0.4) is 0 Å². The molecule has 1 spiro atoms. The molecule has 0 bridgehead atoms. The third-order valence-electron chi connectivity index (χ3n) is 15.5. The predicted octanol–water partition coefficient (Wildman–Crippen LogP) is 4.63. The number of cyclic esters (lactones) is 1. The Bertz CT molecular complexity index is 1660. The third kappa shape index (κ3) is 13.1. The number of carbonyl (C=O) groups is 2. The van der Waals surface area contributed by atoms with Crippen LogP contribution < -0.4 is 0 Å². The van der Waals surface area contributed by atoms with Crippen molar-refractivity contribution >= 4 is 11.9 Å². The van der Waals surface area contributed by atoms with Gasteiger partial charge in [-0.25, -0.2) is 0 Å². The number of carbonyl (C=O) groups excluding carboxylic acids is 2. The van der Waals surface area contributed by atoms with Gasteiger partial charge in [-0.1, -0.05) is 26.8 Å². The molecule has 5 heterocycles. The Morgan fingerprint density at radius 3 is 2.22 bits per heavy atom. The molecule has 0 aromatic heterocycles. The Hall–Kier alpha value is -1.88. The molecule has 0 radical (unpaired) electrons. The zero-order chi connectivity index (χ0) is 51.2. The summed E-state index contributed by atoms with van der Waals surface area (Å²) < 4.78 is 76.1. The number of rotatable bonds is 19. The Balaban J connectivity index is 1.48. The molecule has 2 N–H and O–H groups in total. The summed E-state index contributed by atoms with van der Waals surface area (Å²) in [6.07, 6.45) is -4.01. The number of nitrogens with zero attached hydrogens (tertiary/aromatic N) is 2.